The maximum atomic E-state index is 12.9. The molecule has 1 amide bonds. The number of carbonyl (C=O) groups excluding carboxylic acids is 3. The van der Waals surface area contributed by atoms with Crippen LogP contribution in [-0.4, -0.2) is 40.8 Å². The number of rotatable bonds is 8. The molecule has 2 aromatic rings. The zero-order valence-corrected chi connectivity index (χ0v) is 18.1. The lowest BCUT2D eigenvalue weighted by atomic mass is 10.1. The van der Waals surface area contributed by atoms with Crippen molar-refractivity contribution in [2.24, 2.45) is 0 Å². The van der Waals surface area contributed by atoms with Crippen molar-refractivity contribution in [1.29, 1.82) is 0 Å². The molecule has 0 radical (unpaired) electrons. The average Bonchev–Trinajstić information content (AvgIpc) is 3.21. The molecule has 2 heterocycles. The highest BCUT2D eigenvalue weighted by Crippen LogP contribution is 2.35. The summed E-state index contributed by atoms with van der Waals surface area (Å²) in [6, 6.07) is 0.258. The molecule has 0 saturated heterocycles. The third kappa shape index (κ3) is 4.84. The molecule has 0 saturated carbocycles. The number of ether oxygens (including phenoxy) is 2. The van der Waals surface area contributed by atoms with Gasteiger partial charge in [-0.3, -0.25) is 9.48 Å². The standard InChI is InChI=1S/C19H23F2N3O5S/c1-6-28-18(26)13-10(4)14(19(27)29-7-2)30-17(13)22-16(25)11(5)24-9(3)8-12(23-24)15(20)21/h8,11,15H,6-7H2,1-5H3,(H,22,25). The molecule has 0 spiro atoms. The summed E-state index contributed by atoms with van der Waals surface area (Å²) in [6.07, 6.45) is -2.76. The normalized spacial score (nSPS) is 12.0. The molecule has 0 aliphatic heterocycles. The van der Waals surface area contributed by atoms with Crippen molar-refractivity contribution < 1.29 is 32.6 Å². The van der Waals surface area contributed by atoms with E-state index in [0.29, 0.717) is 11.3 Å². The summed E-state index contributed by atoms with van der Waals surface area (Å²) in [5, 5.41) is 6.49. The van der Waals surface area contributed by atoms with Crippen LogP contribution in [0.3, 0.4) is 0 Å². The summed E-state index contributed by atoms with van der Waals surface area (Å²) in [6.45, 7) is 8.14. The van der Waals surface area contributed by atoms with Crippen LogP contribution in [0.2, 0.25) is 0 Å². The summed E-state index contributed by atoms with van der Waals surface area (Å²) in [4.78, 5) is 37.6. The summed E-state index contributed by atoms with van der Waals surface area (Å²) in [7, 11) is 0. The van der Waals surface area contributed by atoms with E-state index in [9.17, 15) is 23.2 Å². The minimum atomic E-state index is -2.76. The highest BCUT2D eigenvalue weighted by molar-refractivity contribution is 7.18. The molecule has 2 rings (SSSR count). The van der Waals surface area contributed by atoms with E-state index in [2.05, 4.69) is 10.4 Å². The van der Waals surface area contributed by atoms with Crippen LogP contribution in [0.25, 0.3) is 0 Å². The number of alkyl halides is 2. The zero-order valence-electron chi connectivity index (χ0n) is 17.2. The van der Waals surface area contributed by atoms with Gasteiger partial charge in [-0.1, -0.05) is 0 Å². The van der Waals surface area contributed by atoms with Crippen LogP contribution < -0.4 is 5.32 Å². The van der Waals surface area contributed by atoms with Gasteiger partial charge in [0.25, 0.3) is 6.43 Å². The Kier molecular flexibility index (Phi) is 7.65. The van der Waals surface area contributed by atoms with E-state index in [4.69, 9.17) is 9.47 Å². The minimum Gasteiger partial charge on any atom is -0.462 e. The third-order valence-corrected chi connectivity index (χ3v) is 5.42. The topological polar surface area (TPSA) is 99.5 Å². The van der Waals surface area contributed by atoms with Crippen LogP contribution in [0.5, 0.6) is 0 Å². The van der Waals surface area contributed by atoms with E-state index < -0.39 is 36.0 Å². The number of thiophene rings is 1. The van der Waals surface area contributed by atoms with Crippen molar-refractivity contribution in [3.05, 3.63) is 33.5 Å². The molecule has 8 nitrogen and oxygen atoms in total. The highest BCUT2D eigenvalue weighted by Gasteiger charge is 2.29. The molecule has 1 atom stereocenters. The van der Waals surface area contributed by atoms with Crippen LogP contribution in [0, 0.1) is 13.8 Å². The summed E-state index contributed by atoms with van der Waals surface area (Å²) in [5.74, 6) is -1.91. The quantitative estimate of drug-likeness (QED) is 0.618. The van der Waals surface area contributed by atoms with Gasteiger partial charge in [0, 0.05) is 5.69 Å². The Morgan fingerprint density at radius 3 is 2.30 bits per heavy atom. The molecule has 30 heavy (non-hydrogen) atoms. The average molecular weight is 443 g/mol. The number of esters is 2. The number of hydrogen-bond donors (Lipinski definition) is 1. The fourth-order valence-corrected chi connectivity index (χ4v) is 3.87. The van der Waals surface area contributed by atoms with E-state index in [1.54, 1.807) is 27.7 Å². The molecule has 1 unspecified atom stereocenters. The molecule has 164 valence electrons. The monoisotopic (exact) mass is 443 g/mol. The van der Waals surface area contributed by atoms with Gasteiger partial charge in [-0.15, -0.1) is 11.3 Å². The van der Waals surface area contributed by atoms with Crippen molar-refractivity contribution in [2.45, 2.75) is 47.1 Å². The first-order valence-electron chi connectivity index (χ1n) is 9.24. The second-order valence-corrected chi connectivity index (χ2v) is 7.34. The van der Waals surface area contributed by atoms with Gasteiger partial charge in [-0.25, -0.2) is 18.4 Å². The lowest BCUT2D eigenvalue weighted by Gasteiger charge is -2.14. The van der Waals surface area contributed by atoms with Crippen LogP contribution >= 0.6 is 11.3 Å². The van der Waals surface area contributed by atoms with Crippen molar-refractivity contribution in [1.82, 2.24) is 9.78 Å². The first-order chi connectivity index (χ1) is 14.1. The number of aryl methyl sites for hydroxylation is 1. The highest BCUT2D eigenvalue weighted by atomic mass is 32.1. The largest absolute Gasteiger partial charge is 0.462 e. The lowest BCUT2D eigenvalue weighted by Crippen LogP contribution is -2.25. The molecule has 1 N–H and O–H groups in total. The molecular formula is C19H23F2N3O5S. The van der Waals surface area contributed by atoms with Crippen LogP contribution in [0.1, 0.15) is 70.2 Å². The number of aromatic nitrogens is 2. The van der Waals surface area contributed by atoms with E-state index in [1.807, 2.05) is 0 Å². The fourth-order valence-electron chi connectivity index (χ4n) is 2.78. The number of halogens is 2. The van der Waals surface area contributed by atoms with Gasteiger partial charge < -0.3 is 14.8 Å². The molecule has 0 bridgehead atoms. The van der Waals surface area contributed by atoms with Crippen molar-refractivity contribution in [3.63, 3.8) is 0 Å². The van der Waals surface area contributed by atoms with Gasteiger partial charge in [-0.05, 0) is 46.2 Å². The fraction of sp³-hybridized carbons (Fsp3) is 0.474. The summed E-state index contributed by atoms with van der Waals surface area (Å²) >= 11 is 0.887. The number of nitrogens with zero attached hydrogens (tertiary/aromatic N) is 2. The predicted octanol–water partition coefficient (Wildman–Crippen LogP) is 4.05. The number of amides is 1. The SMILES string of the molecule is CCOC(=O)c1sc(NC(=O)C(C)n2nc(C(F)F)cc2C)c(C(=O)OCC)c1C. The lowest BCUT2D eigenvalue weighted by molar-refractivity contribution is -0.119. The summed E-state index contributed by atoms with van der Waals surface area (Å²) in [5.41, 5.74) is 0.329. The molecular weight excluding hydrogens is 420 g/mol. The second-order valence-electron chi connectivity index (χ2n) is 6.32. The molecule has 0 aliphatic rings. The first-order valence-corrected chi connectivity index (χ1v) is 10.1. The first kappa shape index (κ1) is 23.5. The minimum absolute atomic E-state index is 0.0518. The Hall–Kier alpha value is -2.82. The number of carbonyl (C=O) groups is 3. The maximum absolute atomic E-state index is 12.9. The van der Waals surface area contributed by atoms with Crippen molar-refractivity contribution >= 4 is 34.2 Å². The third-order valence-electron chi connectivity index (χ3n) is 4.24. The van der Waals surface area contributed by atoms with Crippen molar-refractivity contribution in [3.8, 4) is 0 Å². The number of anilines is 1. The molecule has 11 heteroatoms. The molecule has 0 aromatic carbocycles. The van der Waals surface area contributed by atoms with Gasteiger partial charge in [-0.2, -0.15) is 5.10 Å². The van der Waals surface area contributed by atoms with Gasteiger partial charge >= 0.3 is 11.9 Å². The van der Waals surface area contributed by atoms with E-state index in [0.717, 1.165) is 11.3 Å². The van der Waals surface area contributed by atoms with Crippen molar-refractivity contribution in [2.75, 3.05) is 18.5 Å². The van der Waals surface area contributed by atoms with Crippen LogP contribution in [-0.2, 0) is 14.3 Å². The van der Waals surface area contributed by atoms with Gasteiger partial charge in [0.15, 0.2) is 0 Å². The zero-order chi connectivity index (χ0) is 22.6. The van der Waals surface area contributed by atoms with Gasteiger partial charge in [0.1, 0.15) is 21.6 Å². The van der Waals surface area contributed by atoms with Crippen LogP contribution in [0.15, 0.2) is 6.07 Å². The Labute approximate surface area is 176 Å². The summed E-state index contributed by atoms with van der Waals surface area (Å²) < 4.78 is 37.0. The molecule has 0 aliphatic carbocycles. The van der Waals surface area contributed by atoms with E-state index in [1.165, 1.54) is 17.7 Å². The molecule has 2 aromatic heterocycles. The smallest absolute Gasteiger partial charge is 0.348 e. The Morgan fingerprint density at radius 2 is 1.77 bits per heavy atom. The molecule has 0 fully saturated rings. The number of nitrogens with one attached hydrogen (secondary N) is 1. The predicted molar refractivity (Wildman–Crippen MR) is 106 cm³/mol. The van der Waals surface area contributed by atoms with Crippen LogP contribution in [0.4, 0.5) is 13.8 Å². The number of hydrogen-bond acceptors (Lipinski definition) is 7. The Bertz CT molecular complexity index is 954. The van der Waals surface area contributed by atoms with Gasteiger partial charge in [0.05, 0.1) is 18.8 Å². The van der Waals surface area contributed by atoms with E-state index >= 15 is 0 Å². The van der Waals surface area contributed by atoms with Gasteiger partial charge in [0.2, 0.25) is 5.91 Å². The second kappa shape index (κ2) is 9.79. The Morgan fingerprint density at radius 1 is 1.17 bits per heavy atom. The van der Waals surface area contributed by atoms with E-state index in [-0.39, 0.29) is 28.7 Å². The maximum Gasteiger partial charge on any atom is 0.348 e. The Balaban J connectivity index is 2.38.